The quantitative estimate of drug-likeness (QED) is 0.587. The van der Waals surface area contributed by atoms with Crippen LogP contribution in [0.4, 0.5) is 0 Å². The Morgan fingerprint density at radius 3 is 2.69 bits per heavy atom. The molecule has 7 heteroatoms. The third kappa shape index (κ3) is 2.62. The van der Waals surface area contributed by atoms with Gasteiger partial charge in [-0.25, -0.2) is 14.8 Å². The first kappa shape index (κ1) is 16.3. The van der Waals surface area contributed by atoms with Crippen LogP contribution in [-0.4, -0.2) is 32.7 Å². The van der Waals surface area contributed by atoms with Gasteiger partial charge in [0.25, 0.3) is 0 Å². The molecule has 0 saturated carbocycles. The number of imidazole rings is 1. The number of carboxylic acid groups (broad SMARTS) is 1. The maximum Gasteiger partial charge on any atom is 0.348 e. The van der Waals surface area contributed by atoms with Crippen LogP contribution in [0.2, 0.25) is 0 Å². The molecule has 0 unspecified atom stereocenters. The van der Waals surface area contributed by atoms with Crippen LogP contribution in [0.5, 0.6) is 5.75 Å². The molecule has 0 atom stereocenters. The molecular formula is C19H15N3O3S. The van der Waals surface area contributed by atoms with Crippen LogP contribution in [-0.2, 0) is 0 Å². The van der Waals surface area contributed by atoms with Crippen molar-refractivity contribution in [2.24, 2.45) is 0 Å². The Morgan fingerprint density at radius 2 is 2.00 bits per heavy atom. The Morgan fingerprint density at radius 1 is 1.23 bits per heavy atom. The average molecular weight is 365 g/mol. The topological polar surface area (TPSA) is 77.2 Å². The number of carboxylic acids is 1. The zero-order chi connectivity index (χ0) is 18.3. The van der Waals surface area contributed by atoms with Crippen molar-refractivity contribution in [3.63, 3.8) is 0 Å². The fourth-order valence-corrected chi connectivity index (χ4v) is 3.77. The van der Waals surface area contributed by atoms with Gasteiger partial charge >= 0.3 is 5.97 Å². The zero-order valence-corrected chi connectivity index (χ0v) is 14.9. The second kappa shape index (κ2) is 6.27. The largest absolute Gasteiger partial charge is 0.496 e. The van der Waals surface area contributed by atoms with Gasteiger partial charge in [-0.3, -0.25) is 4.57 Å². The molecule has 0 bridgehead atoms. The number of thiazole rings is 1. The maximum absolute atomic E-state index is 11.7. The molecule has 0 aliphatic rings. The minimum Gasteiger partial charge on any atom is -0.496 e. The van der Waals surface area contributed by atoms with Crippen molar-refractivity contribution in [2.45, 2.75) is 6.92 Å². The summed E-state index contributed by atoms with van der Waals surface area (Å²) >= 11 is 1.12. The third-order valence-electron chi connectivity index (χ3n) is 4.13. The molecule has 0 aliphatic carbocycles. The molecule has 0 saturated heterocycles. The number of rotatable bonds is 4. The van der Waals surface area contributed by atoms with Crippen molar-refractivity contribution in [3.8, 4) is 22.1 Å². The van der Waals surface area contributed by atoms with Crippen molar-refractivity contribution in [1.82, 2.24) is 14.5 Å². The fourth-order valence-electron chi connectivity index (χ4n) is 2.86. The number of aryl methyl sites for hydroxylation is 1. The standard InChI is InChI=1S/C19H15N3O3S/c1-11-8-13-14(9-15(11)25-2)22(10-20-13)19-21-16(17(26-19)18(23)24)12-6-4-3-5-7-12/h3-10H,1-2H3,(H,23,24). The molecule has 2 aromatic carbocycles. The lowest BCUT2D eigenvalue weighted by molar-refractivity contribution is 0.0702. The SMILES string of the molecule is COc1cc2c(cc1C)ncn2-c1nc(-c2ccccc2)c(C(=O)O)s1. The van der Waals surface area contributed by atoms with Crippen LogP contribution in [0.1, 0.15) is 15.2 Å². The van der Waals surface area contributed by atoms with Crippen LogP contribution in [0.3, 0.4) is 0 Å². The van der Waals surface area contributed by atoms with E-state index in [0.29, 0.717) is 10.8 Å². The Labute approximate surface area is 153 Å². The molecule has 6 nitrogen and oxygen atoms in total. The summed E-state index contributed by atoms with van der Waals surface area (Å²) in [5.41, 5.74) is 3.83. The Kier molecular flexibility index (Phi) is 3.93. The smallest absolute Gasteiger partial charge is 0.348 e. The molecule has 2 aromatic heterocycles. The number of carbonyl (C=O) groups is 1. The van der Waals surface area contributed by atoms with Gasteiger partial charge in [-0.1, -0.05) is 41.7 Å². The first-order chi connectivity index (χ1) is 12.6. The van der Waals surface area contributed by atoms with Gasteiger partial charge < -0.3 is 9.84 Å². The van der Waals surface area contributed by atoms with E-state index in [0.717, 1.165) is 39.2 Å². The van der Waals surface area contributed by atoms with E-state index < -0.39 is 5.97 Å². The number of aromatic carboxylic acids is 1. The molecule has 26 heavy (non-hydrogen) atoms. The monoisotopic (exact) mass is 365 g/mol. The summed E-state index contributed by atoms with van der Waals surface area (Å²) in [6.07, 6.45) is 1.66. The molecule has 0 spiro atoms. The van der Waals surface area contributed by atoms with Crippen LogP contribution in [0.15, 0.2) is 48.8 Å². The lowest BCUT2D eigenvalue weighted by atomic mass is 10.1. The van der Waals surface area contributed by atoms with E-state index in [4.69, 9.17) is 4.74 Å². The van der Waals surface area contributed by atoms with E-state index in [1.165, 1.54) is 0 Å². The number of benzene rings is 2. The Bertz CT molecular complexity index is 1120. The van der Waals surface area contributed by atoms with Gasteiger partial charge in [0, 0.05) is 11.6 Å². The predicted molar refractivity (Wildman–Crippen MR) is 100 cm³/mol. The normalized spacial score (nSPS) is 11.0. The van der Waals surface area contributed by atoms with Crippen molar-refractivity contribution < 1.29 is 14.6 Å². The number of aromatic nitrogens is 3. The highest BCUT2D eigenvalue weighted by Gasteiger charge is 2.21. The third-order valence-corrected chi connectivity index (χ3v) is 5.17. The molecule has 2 heterocycles. The van der Waals surface area contributed by atoms with Crippen LogP contribution >= 0.6 is 11.3 Å². The second-order valence-electron chi connectivity index (χ2n) is 5.77. The second-order valence-corrected chi connectivity index (χ2v) is 6.75. The summed E-state index contributed by atoms with van der Waals surface area (Å²) in [4.78, 5) is 20.9. The van der Waals surface area contributed by atoms with Crippen molar-refractivity contribution in [3.05, 3.63) is 59.2 Å². The summed E-state index contributed by atoms with van der Waals surface area (Å²) in [6, 6.07) is 13.1. The fraction of sp³-hybridized carbons (Fsp3) is 0.105. The van der Waals surface area contributed by atoms with Crippen LogP contribution in [0, 0.1) is 6.92 Å². The highest BCUT2D eigenvalue weighted by Crippen LogP contribution is 2.33. The van der Waals surface area contributed by atoms with E-state index in [1.54, 1.807) is 18.0 Å². The van der Waals surface area contributed by atoms with E-state index in [2.05, 4.69) is 9.97 Å². The van der Waals surface area contributed by atoms with E-state index >= 15 is 0 Å². The van der Waals surface area contributed by atoms with Gasteiger partial charge in [-0.2, -0.15) is 0 Å². The van der Waals surface area contributed by atoms with Gasteiger partial charge in [0.05, 0.1) is 23.8 Å². The summed E-state index contributed by atoms with van der Waals surface area (Å²) in [5, 5.41) is 10.1. The molecule has 0 amide bonds. The number of hydrogen-bond donors (Lipinski definition) is 1. The van der Waals surface area contributed by atoms with Gasteiger partial charge in [-0.05, 0) is 18.6 Å². The highest BCUT2D eigenvalue weighted by molar-refractivity contribution is 7.16. The first-order valence-electron chi connectivity index (χ1n) is 7.90. The van der Waals surface area contributed by atoms with Gasteiger partial charge in [-0.15, -0.1) is 0 Å². The maximum atomic E-state index is 11.7. The lowest BCUT2D eigenvalue weighted by Gasteiger charge is -2.05. The van der Waals surface area contributed by atoms with Crippen LogP contribution < -0.4 is 4.74 Å². The lowest BCUT2D eigenvalue weighted by Crippen LogP contribution is -1.95. The summed E-state index contributed by atoms with van der Waals surface area (Å²) in [7, 11) is 1.62. The van der Waals surface area contributed by atoms with Gasteiger partial charge in [0.1, 0.15) is 17.0 Å². The molecule has 0 fully saturated rings. The zero-order valence-electron chi connectivity index (χ0n) is 14.1. The summed E-state index contributed by atoms with van der Waals surface area (Å²) in [6.45, 7) is 1.96. The Balaban J connectivity index is 1.92. The number of nitrogens with zero attached hydrogens (tertiary/aromatic N) is 3. The number of hydrogen-bond acceptors (Lipinski definition) is 5. The molecule has 130 valence electrons. The molecule has 4 aromatic rings. The van der Waals surface area contributed by atoms with Crippen molar-refractivity contribution in [2.75, 3.05) is 7.11 Å². The number of ether oxygens (including phenoxy) is 1. The highest BCUT2D eigenvalue weighted by atomic mass is 32.1. The van der Waals surface area contributed by atoms with E-state index in [9.17, 15) is 9.90 Å². The summed E-state index contributed by atoms with van der Waals surface area (Å²) in [5.74, 6) is -0.247. The minimum atomic E-state index is -0.995. The van der Waals surface area contributed by atoms with E-state index in [-0.39, 0.29) is 4.88 Å². The van der Waals surface area contributed by atoms with Gasteiger partial charge in [0.15, 0.2) is 5.13 Å². The number of fused-ring (bicyclic) bond motifs is 1. The van der Waals surface area contributed by atoms with Gasteiger partial charge in [0.2, 0.25) is 0 Å². The summed E-state index contributed by atoms with van der Waals surface area (Å²) < 4.78 is 7.19. The predicted octanol–water partition coefficient (Wildman–Crippen LogP) is 4.16. The molecular weight excluding hydrogens is 350 g/mol. The molecule has 0 radical (unpaired) electrons. The van der Waals surface area contributed by atoms with E-state index in [1.807, 2.05) is 49.4 Å². The molecule has 4 rings (SSSR count). The van der Waals surface area contributed by atoms with Crippen molar-refractivity contribution in [1.29, 1.82) is 0 Å². The molecule has 1 N–H and O–H groups in total. The average Bonchev–Trinajstić information content (AvgIpc) is 3.25. The minimum absolute atomic E-state index is 0.201. The van der Waals surface area contributed by atoms with Crippen molar-refractivity contribution >= 4 is 28.3 Å². The first-order valence-corrected chi connectivity index (χ1v) is 8.71. The van der Waals surface area contributed by atoms with Crippen LogP contribution in [0.25, 0.3) is 27.4 Å². The molecule has 0 aliphatic heterocycles. The Hall–Kier alpha value is -3.19. The number of methoxy groups -OCH3 is 1.